The number of nitrogens with one attached hydrogen (secondary N) is 1. The molecule has 0 aliphatic heterocycles. The van der Waals surface area contributed by atoms with Crippen LogP contribution in [0.15, 0.2) is 28.8 Å². The first-order valence-corrected chi connectivity index (χ1v) is 8.25. The van der Waals surface area contributed by atoms with Gasteiger partial charge in [-0.1, -0.05) is 35.8 Å². The maximum Gasteiger partial charge on any atom is 0.322 e. The molecule has 24 heavy (non-hydrogen) atoms. The first-order chi connectivity index (χ1) is 11.5. The Bertz CT molecular complexity index is 715. The van der Waals surface area contributed by atoms with Gasteiger partial charge in [-0.2, -0.15) is 4.98 Å². The average Bonchev–Trinajstić information content (AvgIpc) is 2.97. The number of benzene rings is 1. The van der Waals surface area contributed by atoms with E-state index >= 15 is 0 Å². The van der Waals surface area contributed by atoms with Crippen molar-refractivity contribution in [3.63, 3.8) is 0 Å². The SMILES string of the molecule is CCN(CC(=O)O)C1CC(Nc2nc(-c3cccc(Cl)c3)no2)C1. The summed E-state index contributed by atoms with van der Waals surface area (Å²) in [5.74, 6) is -0.312. The minimum atomic E-state index is -0.795. The largest absolute Gasteiger partial charge is 0.480 e. The minimum Gasteiger partial charge on any atom is -0.480 e. The number of likely N-dealkylation sites (N-methyl/N-ethyl adjacent to an activating group) is 1. The lowest BCUT2D eigenvalue weighted by Gasteiger charge is -2.41. The lowest BCUT2D eigenvalue weighted by atomic mass is 9.85. The van der Waals surface area contributed by atoms with E-state index in [2.05, 4.69) is 15.5 Å². The molecule has 0 atom stereocenters. The molecular weight excluding hydrogens is 332 g/mol. The number of nitrogens with zero attached hydrogens (tertiary/aromatic N) is 3. The van der Waals surface area contributed by atoms with Crippen molar-refractivity contribution in [1.82, 2.24) is 15.0 Å². The number of carboxylic acid groups (broad SMARTS) is 1. The normalized spacial score (nSPS) is 20.0. The van der Waals surface area contributed by atoms with Gasteiger partial charge < -0.3 is 14.9 Å². The quantitative estimate of drug-likeness (QED) is 0.793. The third-order valence-corrected chi connectivity index (χ3v) is 4.45. The minimum absolute atomic E-state index is 0.0767. The number of anilines is 1. The molecule has 128 valence electrons. The molecule has 1 aromatic heterocycles. The van der Waals surface area contributed by atoms with Gasteiger partial charge in [0.05, 0.1) is 6.54 Å². The third kappa shape index (κ3) is 3.85. The predicted octanol–water partition coefficient (Wildman–Crippen LogP) is 2.74. The molecule has 8 heteroatoms. The highest BCUT2D eigenvalue weighted by molar-refractivity contribution is 6.30. The van der Waals surface area contributed by atoms with Crippen LogP contribution in [0.1, 0.15) is 19.8 Å². The van der Waals surface area contributed by atoms with E-state index in [-0.39, 0.29) is 18.6 Å². The number of rotatable bonds is 7. The van der Waals surface area contributed by atoms with Crippen molar-refractivity contribution in [2.24, 2.45) is 0 Å². The van der Waals surface area contributed by atoms with Crippen LogP contribution < -0.4 is 5.32 Å². The molecule has 1 aromatic carbocycles. The van der Waals surface area contributed by atoms with E-state index in [1.807, 2.05) is 24.0 Å². The Kier molecular flexibility index (Phi) is 5.01. The lowest BCUT2D eigenvalue weighted by molar-refractivity contribution is -0.139. The van der Waals surface area contributed by atoms with E-state index in [0.29, 0.717) is 16.9 Å². The predicted molar refractivity (Wildman–Crippen MR) is 90.1 cm³/mol. The van der Waals surface area contributed by atoms with E-state index < -0.39 is 5.97 Å². The Hall–Kier alpha value is -2.12. The molecule has 1 aliphatic rings. The van der Waals surface area contributed by atoms with Crippen LogP contribution in [0.2, 0.25) is 5.02 Å². The van der Waals surface area contributed by atoms with Gasteiger partial charge >= 0.3 is 12.0 Å². The van der Waals surface area contributed by atoms with Crippen LogP contribution in [0.5, 0.6) is 0 Å². The molecule has 0 bridgehead atoms. The highest BCUT2D eigenvalue weighted by atomic mass is 35.5. The Balaban J connectivity index is 1.55. The molecule has 1 saturated carbocycles. The molecule has 1 fully saturated rings. The number of hydrogen-bond donors (Lipinski definition) is 2. The summed E-state index contributed by atoms with van der Waals surface area (Å²) < 4.78 is 5.23. The molecule has 7 nitrogen and oxygen atoms in total. The summed E-state index contributed by atoms with van der Waals surface area (Å²) in [4.78, 5) is 17.1. The molecule has 1 aliphatic carbocycles. The molecule has 0 saturated heterocycles. The van der Waals surface area contributed by atoms with Gasteiger partial charge in [-0.3, -0.25) is 9.69 Å². The van der Waals surface area contributed by atoms with Crippen molar-refractivity contribution < 1.29 is 14.4 Å². The summed E-state index contributed by atoms with van der Waals surface area (Å²) >= 11 is 5.96. The van der Waals surface area contributed by atoms with Crippen LogP contribution in [-0.2, 0) is 4.79 Å². The topological polar surface area (TPSA) is 91.5 Å². The lowest BCUT2D eigenvalue weighted by Crippen LogP contribution is -2.51. The van der Waals surface area contributed by atoms with Gasteiger partial charge in [0.25, 0.3) is 0 Å². The van der Waals surface area contributed by atoms with Gasteiger partial charge in [-0.05, 0) is 31.5 Å². The number of hydrogen-bond acceptors (Lipinski definition) is 6. The number of halogens is 1. The van der Waals surface area contributed by atoms with E-state index in [0.717, 1.165) is 24.9 Å². The maximum atomic E-state index is 10.8. The van der Waals surface area contributed by atoms with Gasteiger partial charge in [0.2, 0.25) is 5.82 Å². The highest BCUT2D eigenvalue weighted by Gasteiger charge is 2.34. The van der Waals surface area contributed by atoms with Crippen molar-refractivity contribution in [3.05, 3.63) is 29.3 Å². The first kappa shape index (κ1) is 16.7. The second-order valence-corrected chi connectivity index (χ2v) is 6.29. The average molecular weight is 351 g/mol. The van der Waals surface area contributed by atoms with E-state index in [1.165, 1.54) is 0 Å². The number of aliphatic carboxylic acids is 1. The molecule has 0 unspecified atom stereocenters. The van der Waals surface area contributed by atoms with Crippen LogP contribution in [-0.4, -0.2) is 51.3 Å². The highest BCUT2D eigenvalue weighted by Crippen LogP contribution is 2.29. The van der Waals surface area contributed by atoms with Gasteiger partial charge in [0, 0.05) is 22.7 Å². The molecule has 2 aromatic rings. The standard InChI is InChI=1S/C16H19ClN4O3/c1-2-21(9-14(22)23)13-7-12(8-13)18-16-19-15(20-24-16)10-4-3-5-11(17)6-10/h3-6,12-13H,2,7-9H2,1H3,(H,22,23)(H,18,19,20). The van der Waals surface area contributed by atoms with Crippen LogP contribution in [0, 0.1) is 0 Å². The maximum absolute atomic E-state index is 10.8. The number of carboxylic acids is 1. The number of carbonyl (C=O) groups is 1. The monoisotopic (exact) mass is 350 g/mol. The molecule has 0 spiro atoms. The Labute approximate surface area is 144 Å². The van der Waals surface area contributed by atoms with Crippen molar-refractivity contribution in [2.45, 2.75) is 31.8 Å². The Morgan fingerprint density at radius 3 is 2.96 bits per heavy atom. The van der Waals surface area contributed by atoms with Crippen LogP contribution in [0.4, 0.5) is 6.01 Å². The van der Waals surface area contributed by atoms with Gasteiger partial charge in [-0.15, -0.1) is 0 Å². The van der Waals surface area contributed by atoms with Crippen molar-refractivity contribution in [1.29, 1.82) is 0 Å². The van der Waals surface area contributed by atoms with Crippen molar-refractivity contribution >= 4 is 23.6 Å². The number of aromatic nitrogens is 2. The summed E-state index contributed by atoms with van der Waals surface area (Å²) in [5.41, 5.74) is 0.796. The summed E-state index contributed by atoms with van der Waals surface area (Å²) in [6, 6.07) is 8.12. The second kappa shape index (κ2) is 7.19. The fraction of sp³-hybridized carbons (Fsp3) is 0.438. The molecule has 2 N–H and O–H groups in total. The van der Waals surface area contributed by atoms with Crippen LogP contribution >= 0.6 is 11.6 Å². The van der Waals surface area contributed by atoms with Crippen molar-refractivity contribution in [3.8, 4) is 11.4 Å². The molecule has 1 heterocycles. The second-order valence-electron chi connectivity index (χ2n) is 5.86. The van der Waals surface area contributed by atoms with Crippen LogP contribution in [0.25, 0.3) is 11.4 Å². The van der Waals surface area contributed by atoms with Crippen LogP contribution in [0.3, 0.4) is 0 Å². The molecule has 3 rings (SSSR count). The smallest absolute Gasteiger partial charge is 0.322 e. The summed E-state index contributed by atoms with van der Waals surface area (Å²) in [6.45, 7) is 2.77. The van der Waals surface area contributed by atoms with Crippen molar-refractivity contribution in [2.75, 3.05) is 18.4 Å². The fourth-order valence-electron chi connectivity index (χ4n) is 2.88. The zero-order chi connectivity index (χ0) is 17.1. The fourth-order valence-corrected chi connectivity index (χ4v) is 3.07. The van der Waals surface area contributed by atoms with E-state index in [9.17, 15) is 4.79 Å². The van der Waals surface area contributed by atoms with Gasteiger partial charge in [-0.25, -0.2) is 0 Å². The zero-order valence-electron chi connectivity index (χ0n) is 13.3. The summed E-state index contributed by atoms with van der Waals surface area (Å²) in [6.07, 6.45) is 1.71. The van der Waals surface area contributed by atoms with E-state index in [4.69, 9.17) is 21.2 Å². The van der Waals surface area contributed by atoms with E-state index in [1.54, 1.807) is 12.1 Å². The molecular formula is C16H19ClN4O3. The van der Waals surface area contributed by atoms with Gasteiger partial charge in [0.1, 0.15) is 0 Å². The first-order valence-electron chi connectivity index (χ1n) is 7.87. The summed E-state index contributed by atoms with van der Waals surface area (Å²) in [7, 11) is 0. The molecule has 0 radical (unpaired) electrons. The Morgan fingerprint density at radius 2 is 2.29 bits per heavy atom. The third-order valence-electron chi connectivity index (χ3n) is 4.21. The Morgan fingerprint density at radius 1 is 1.50 bits per heavy atom. The zero-order valence-corrected chi connectivity index (χ0v) is 14.0. The summed E-state index contributed by atoms with van der Waals surface area (Å²) in [5, 5.41) is 16.7. The molecule has 0 amide bonds. The van der Waals surface area contributed by atoms with Gasteiger partial charge in [0.15, 0.2) is 0 Å².